The topological polar surface area (TPSA) is 114 Å². The summed E-state index contributed by atoms with van der Waals surface area (Å²) in [6.07, 6.45) is -4.51. The molecule has 2 rings (SSSR count). The smallest absolute Gasteiger partial charge is 0.303 e. The molecule has 0 radical (unpaired) electrons. The fourth-order valence-corrected chi connectivity index (χ4v) is 2.52. The molecule has 0 aromatic heterocycles. The van der Waals surface area contributed by atoms with Crippen LogP contribution in [0, 0.1) is 0 Å². The lowest BCUT2D eigenvalue weighted by atomic mass is 9.96. The van der Waals surface area contributed by atoms with Gasteiger partial charge < -0.3 is 29.7 Å². The molecule has 132 valence electrons. The van der Waals surface area contributed by atoms with Crippen molar-refractivity contribution in [2.24, 2.45) is 0 Å². The number of rotatable bonds is 5. The van der Waals surface area contributed by atoms with E-state index in [0.717, 1.165) is 0 Å². The second-order valence-electron chi connectivity index (χ2n) is 5.45. The molecule has 8 heteroatoms. The summed E-state index contributed by atoms with van der Waals surface area (Å²) in [6, 6.07) is 7.76. The molecular formula is C16H21NO7. The van der Waals surface area contributed by atoms with E-state index in [1.54, 1.807) is 24.3 Å². The average molecular weight is 339 g/mol. The minimum Gasteiger partial charge on any atom is -0.463 e. The highest BCUT2D eigenvalue weighted by Gasteiger charge is 2.48. The Hall–Kier alpha value is -2.16. The Labute approximate surface area is 139 Å². The molecule has 1 saturated heterocycles. The summed E-state index contributed by atoms with van der Waals surface area (Å²) in [5.41, 5.74) is 0. The highest BCUT2D eigenvalue weighted by molar-refractivity contribution is 5.73. The SMILES string of the molecule is CC(=O)N[C@@H]1[C@H](Oc2ccccc2)O[C@@H](CO)[C@@H](O)[C@@H]1OC(C)=O. The van der Waals surface area contributed by atoms with Crippen molar-refractivity contribution < 1.29 is 34.0 Å². The van der Waals surface area contributed by atoms with Crippen molar-refractivity contribution in [1.29, 1.82) is 0 Å². The van der Waals surface area contributed by atoms with Crippen molar-refractivity contribution in [3.8, 4) is 5.75 Å². The van der Waals surface area contributed by atoms with Crippen molar-refractivity contribution in [1.82, 2.24) is 5.32 Å². The second kappa shape index (κ2) is 8.09. The lowest BCUT2D eigenvalue weighted by molar-refractivity contribution is -0.249. The first-order valence-electron chi connectivity index (χ1n) is 7.52. The van der Waals surface area contributed by atoms with Crippen molar-refractivity contribution in [3.05, 3.63) is 30.3 Å². The Morgan fingerprint density at radius 3 is 2.46 bits per heavy atom. The number of ether oxygens (including phenoxy) is 3. The summed E-state index contributed by atoms with van der Waals surface area (Å²) in [5.74, 6) is -0.573. The van der Waals surface area contributed by atoms with E-state index in [2.05, 4.69) is 5.32 Å². The van der Waals surface area contributed by atoms with Gasteiger partial charge in [0.25, 0.3) is 0 Å². The van der Waals surface area contributed by atoms with E-state index < -0.39 is 49.1 Å². The number of aliphatic hydroxyl groups excluding tert-OH is 2. The van der Waals surface area contributed by atoms with Gasteiger partial charge in [0.1, 0.15) is 24.0 Å². The summed E-state index contributed by atoms with van der Waals surface area (Å²) in [5, 5.41) is 22.2. The molecule has 0 unspecified atom stereocenters. The maximum Gasteiger partial charge on any atom is 0.303 e. The van der Waals surface area contributed by atoms with Crippen LogP contribution in [0.2, 0.25) is 0 Å². The number of amides is 1. The molecule has 1 amide bonds. The van der Waals surface area contributed by atoms with Crippen LogP contribution < -0.4 is 10.1 Å². The standard InChI is InChI=1S/C16H21NO7/c1-9(19)17-13-15(22-10(2)20)14(21)12(8-18)24-16(13)23-11-6-4-3-5-7-11/h3-7,12-16,18,21H,8H2,1-2H3,(H,17,19)/t12-,13-,14+,15+,16+/m0/s1. The lowest BCUT2D eigenvalue weighted by Crippen LogP contribution is -2.66. The molecule has 1 aromatic carbocycles. The molecule has 0 saturated carbocycles. The zero-order valence-corrected chi connectivity index (χ0v) is 13.4. The fourth-order valence-electron chi connectivity index (χ4n) is 2.52. The summed E-state index contributed by atoms with van der Waals surface area (Å²) in [6.45, 7) is 1.98. The van der Waals surface area contributed by atoms with Gasteiger partial charge in [-0.3, -0.25) is 9.59 Å². The van der Waals surface area contributed by atoms with Crippen LogP contribution in [0.15, 0.2) is 30.3 Å². The largest absolute Gasteiger partial charge is 0.463 e. The number of para-hydroxylation sites is 1. The predicted octanol–water partition coefficient (Wildman–Crippen LogP) is -0.420. The number of carbonyl (C=O) groups excluding carboxylic acids is 2. The molecule has 1 aliphatic rings. The van der Waals surface area contributed by atoms with Gasteiger partial charge in [-0.05, 0) is 12.1 Å². The quantitative estimate of drug-likeness (QED) is 0.624. The van der Waals surface area contributed by atoms with E-state index in [1.807, 2.05) is 6.07 Å². The zero-order chi connectivity index (χ0) is 17.7. The first kappa shape index (κ1) is 18.2. The molecule has 1 aromatic rings. The van der Waals surface area contributed by atoms with Gasteiger partial charge in [0.15, 0.2) is 6.10 Å². The van der Waals surface area contributed by atoms with Crippen molar-refractivity contribution in [3.63, 3.8) is 0 Å². The second-order valence-corrected chi connectivity index (χ2v) is 5.45. The molecule has 0 spiro atoms. The number of hydrogen-bond donors (Lipinski definition) is 3. The average Bonchev–Trinajstić information content (AvgIpc) is 2.53. The molecule has 1 heterocycles. The molecule has 5 atom stereocenters. The molecule has 3 N–H and O–H groups in total. The van der Waals surface area contributed by atoms with Gasteiger partial charge in [-0.1, -0.05) is 18.2 Å². The van der Waals surface area contributed by atoms with Gasteiger partial charge >= 0.3 is 5.97 Å². The maximum atomic E-state index is 11.5. The Bertz CT molecular complexity index is 565. The van der Waals surface area contributed by atoms with Crippen LogP contribution in [0.5, 0.6) is 5.75 Å². The summed E-state index contributed by atoms with van der Waals surface area (Å²) in [4.78, 5) is 22.9. The lowest BCUT2D eigenvalue weighted by Gasteiger charge is -2.43. The Morgan fingerprint density at radius 2 is 1.92 bits per heavy atom. The van der Waals surface area contributed by atoms with Crippen LogP contribution in [-0.4, -0.2) is 59.3 Å². The third kappa shape index (κ3) is 4.44. The summed E-state index contributed by atoms with van der Waals surface area (Å²) >= 11 is 0. The maximum absolute atomic E-state index is 11.5. The van der Waals surface area contributed by atoms with Crippen LogP contribution in [0.4, 0.5) is 0 Å². The minimum absolute atomic E-state index is 0.405. The molecular weight excluding hydrogens is 318 g/mol. The van der Waals surface area contributed by atoms with Gasteiger partial charge in [0, 0.05) is 13.8 Å². The number of benzene rings is 1. The predicted molar refractivity (Wildman–Crippen MR) is 82.0 cm³/mol. The van der Waals surface area contributed by atoms with E-state index in [9.17, 15) is 19.8 Å². The Morgan fingerprint density at radius 1 is 1.25 bits per heavy atom. The van der Waals surface area contributed by atoms with Crippen LogP contribution >= 0.6 is 0 Å². The van der Waals surface area contributed by atoms with Gasteiger partial charge in [0.2, 0.25) is 12.2 Å². The number of hydrogen-bond acceptors (Lipinski definition) is 7. The van der Waals surface area contributed by atoms with Crippen molar-refractivity contribution >= 4 is 11.9 Å². The van der Waals surface area contributed by atoms with Crippen LogP contribution in [0.3, 0.4) is 0 Å². The Kier molecular flexibility index (Phi) is 6.13. The number of esters is 1. The molecule has 1 fully saturated rings. The van der Waals surface area contributed by atoms with E-state index in [1.165, 1.54) is 13.8 Å². The van der Waals surface area contributed by atoms with Gasteiger partial charge in [-0.15, -0.1) is 0 Å². The fraction of sp³-hybridized carbons (Fsp3) is 0.500. The third-order valence-corrected chi connectivity index (χ3v) is 3.52. The summed E-state index contributed by atoms with van der Waals surface area (Å²) < 4.78 is 16.4. The molecule has 1 aliphatic heterocycles. The molecule has 8 nitrogen and oxygen atoms in total. The highest BCUT2D eigenvalue weighted by Crippen LogP contribution is 2.26. The normalized spacial score (nSPS) is 29.6. The van der Waals surface area contributed by atoms with Gasteiger partial charge in [-0.25, -0.2) is 0 Å². The highest BCUT2D eigenvalue weighted by atomic mass is 16.7. The third-order valence-electron chi connectivity index (χ3n) is 3.52. The van der Waals surface area contributed by atoms with Crippen LogP contribution in [-0.2, 0) is 19.1 Å². The van der Waals surface area contributed by atoms with Crippen molar-refractivity contribution in [2.45, 2.75) is 44.5 Å². The number of nitrogens with one attached hydrogen (secondary N) is 1. The van der Waals surface area contributed by atoms with E-state index in [0.29, 0.717) is 5.75 Å². The molecule has 0 bridgehead atoms. The van der Waals surface area contributed by atoms with Crippen molar-refractivity contribution in [2.75, 3.05) is 6.61 Å². The van der Waals surface area contributed by atoms with E-state index in [4.69, 9.17) is 14.2 Å². The van der Waals surface area contributed by atoms with Crippen LogP contribution in [0.1, 0.15) is 13.8 Å². The first-order valence-corrected chi connectivity index (χ1v) is 7.52. The van der Waals surface area contributed by atoms with E-state index >= 15 is 0 Å². The van der Waals surface area contributed by atoms with Gasteiger partial charge in [-0.2, -0.15) is 0 Å². The zero-order valence-electron chi connectivity index (χ0n) is 13.4. The first-order chi connectivity index (χ1) is 11.4. The van der Waals surface area contributed by atoms with Crippen LogP contribution in [0.25, 0.3) is 0 Å². The Balaban J connectivity index is 2.28. The molecule has 24 heavy (non-hydrogen) atoms. The summed E-state index contributed by atoms with van der Waals surface area (Å²) in [7, 11) is 0. The molecule has 0 aliphatic carbocycles. The number of carbonyl (C=O) groups is 2. The van der Waals surface area contributed by atoms with E-state index in [-0.39, 0.29) is 0 Å². The number of aliphatic hydroxyl groups is 2. The van der Waals surface area contributed by atoms with Gasteiger partial charge in [0.05, 0.1) is 6.61 Å². The monoisotopic (exact) mass is 339 g/mol. The minimum atomic E-state index is -1.31.